The van der Waals surface area contributed by atoms with Crippen molar-refractivity contribution in [3.05, 3.63) is 23.8 Å². The summed E-state index contributed by atoms with van der Waals surface area (Å²) >= 11 is 0. The van der Waals surface area contributed by atoms with Crippen molar-refractivity contribution in [1.82, 2.24) is 4.90 Å². The maximum atomic E-state index is 12.3. The van der Waals surface area contributed by atoms with Gasteiger partial charge in [-0.25, -0.2) is 0 Å². The lowest BCUT2D eigenvalue weighted by Gasteiger charge is -2.16. The minimum absolute atomic E-state index is 0.102. The molecule has 0 saturated carbocycles. The minimum atomic E-state index is -1.01. The van der Waals surface area contributed by atoms with Gasteiger partial charge < -0.3 is 25.2 Å². The van der Waals surface area contributed by atoms with Crippen LogP contribution in [0.3, 0.4) is 0 Å². The normalized spacial score (nSPS) is 17.1. The molecule has 1 heterocycles. The number of nitrogens with zero attached hydrogens (tertiary/aromatic N) is 1. The van der Waals surface area contributed by atoms with Gasteiger partial charge >= 0.3 is 5.97 Å². The molecule has 1 aliphatic rings. The van der Waals surface area contributed by atoms with Crippen LogP contribution in [-0.2, 0) is 25.5 Å². The zero-order chi connectivity index (χ0) is 17.7. The van der Waals surface area contributed by atoms with E-state index < -0.39 is 11.9 Å². The van der Waals surface area contributed by atoms with Gasteiger partial charge in [-0.2, -0.15) is 0 Å². The van der Waals surface area contributed by atoms with E-state index in [9.17, 15) is 19.5 Å². The highest BCUT2D eigenvalue weighted by atomic mass is 16.5. The van der Waals surface area contributed by atoms with Crippen LogP contribution in [0.25, 0.3) is 0 Å². The molecule has 1 atom stereocenters. The Morgan fingerprint density at radius 1 is 1.42 bits per heavy atom. The molecule has 8 heteroatoms. The number of phenolic OH excluding ortho intramolecular Hbond substituents is 1. The van der Waals surface area contributed by atoms with E-state index in [0.29, 0.717) is 25.3 Å². The number of nitrogens with one attached hydrogen (secondary N) is 1. The SMILES string of the molecule is COCCN1CC(C(=O)Nc2cc(CC(=O)O)ccc2O)CC1=O. The lowest BCUT2D eigenvalue weighted by molar-refractivity contribution is -0.136. The van der Waals surface area contributed by atoms with Gasteiger partial charge in [0, 0.05) is 26.6 Å². The number of anilines is 1. The predicted octanol–water partition coefficient (Wildman–Crippen LogP) is 0.453. The first-order valence-electron chi connectivity index (χ1n) is 7.52. The zero-order valence-electron chi connectivity index (χ0n) is 13.3. The van der Waals surface area contributed by atoms with Crippen molar-refractivity contribution in [1.29, 1.82) is 0 Å². The minimum Gasteiger partial charge on any atom is -0.506 e. The van der Waals surface area contributed by atoms with Gasteiger partial charge in [0.25, 0.3) is 0 Å². The van der Waals surface area contributed by atoms with Crippen molar-refractivity contribution in [2.24, 2.45) is 5.92 Å². The third-order valence-corrected chi connectivity index (χ3v) is 3.82. The fraction of sp³-hybridized carbons (Fsp3) is 0.438. The fourth-order valence-electron chi connectivity index (χ4n) is 2.57. The van der Waals surface area contributed by atoms with Gasteiger partial charge in [-0.1, -0.05) is 6.07 Å². The molecule has 0 radical (unpaired) electrons. The molecule has 130 valence electrons. The van der Waals surface area contributed by atoms with E-state index in [2.05, 4.69) is 5.32 Å². The number of carbonyl (C=O) groups is 3. The first-order valence-corrected chi connectivity index (χ1v) is 7.52. The molecule has 0 aliphatic carbocycles. The highest BCUT2D eigenvalue weighted by molar-refractivity contribution is 5.98. The summed E-state index contributed by atoms with van der Waals surface area (Å²) < 4.78 is 4.93. The smallest absolute Gasteiger partial charge is 0.307 e. The zero-order valence-corrected chi connectivity index (χ0v) is 13.3. The standard InChI is InChI=1S/C16H20N2O6/c1-24-5-4-18-9-11(8-14(18)20)16(23)17-12-6-10(7-15(21)22)2-3-13(12)19/h2-3,6,11,19H,4-5,7-9H2,1H3,(H,17,23)(H,21,22). The van der Waals surface area contributed by atoms with E-state index in [1.54, 1.807) is 4.90 Å². The Morgan fingerprint density at radius 3 is 2.83 bits per heavy atom. The second kappa shape index (κ2) is 7.78. The van der Waals surface area contributed by atoms with E-state index in [-0.39, 0.29) is 36.1 Å². The number of likely N-dealkylation sites (tertiary alicyclic amines) is 1. The molecule has 1 saturated heterocycles. The van der Waals surface area contributed by atoms with Crippen molar-refractivity contribution in [2.75, 3.05) is 32.1 Å². The molecule has 2 amide bonds. The average Bonchev–Trinajstić information content (AvgIpc) is 2.89. The number of aliphatic carboxylic acids is 1. The Labute approximate surface area is 139 Å². The summed E-state index contributed by atoms with van der Waals surface area (Å²) in [5.74, 6) is -2.18. The van der Waals surface area contributed by atoms with E-state index in [0.717, 1.165) is 0 Å². The van der Waals surface area contributed by atoms with Gasteiger partial charge in [0.05, 0.1) is 24.6 Å². The van der Waals surface area contributed by atoms with Gasteiger partial charge in [0.1, 0.15) is 5.75 Å². The maximum Gasteiger partial charge on any atom is 0.307 e. The van der Waals surface area contributed by atoms with Crippen LogP contribution < -0.4 is 5.32 Å². The number of aromatic hydroxyl groups is 1. The number of benzene rings is 1. The van der Waals surface area contributed by atoms with Crippen LogP contribution in [-0.4, -0.2) is 59.7 Å². The highest BCUT2D eigenvalue weighted by Gasteiger charge is 2.34. The number of phenols is 1. The number of carboxylic acid groups (broad SMARTS) is 1. The molecule has 24 heavy (non-hydrogen) atoms. The van der Waals surface area contributed by atoms with E-state index >= 15 is 0 Å². The Kier molecular flexibility index (Phi) is 5.75. The second-order valence-corrected chi connectivity index (χ2v) is 5.64. The number of methoxy groups -OCH3 is 1. The van der Waals surface area contributed by atoms with E-state index in [1.165, 1.54) is 25.3 Å². The molecular weight excluding hydrogens is 316 g/mol. The first-order chi connectivity index (χ1) is 11.4. The summed E-state index contributed by atoms with van der Waals surface area (Å²) in [5.41, 5.74) is 0.598. The van der Waals surface area contributed by atoms with Crippen molar-refractivity contribution < 1.29 is 29.3 Å². The van der Waals surface area contributed by atoms with Gasteiger partial charge in [-0.3, -0.25) is 14.4 Å². The van der Waals surface area contributed by atoms with Crippen LogP contribution >= 0.6 is 0 Å². The number of rotatable bonds is 7. The molecule has 0 aromatic heterocycles. The van der Waals surface area contributed by atoms with E-state index in [4.69, 9.17) is 9.84 Å². The topological polar surface area (TPSA) is 116 Å². The third-order valence-electron chi connectivity index (χ3n) is 3.82. The van der Waals surface area contributed by atoms with Crippen molar-refractivity contribution in [2.45, 2.75) is 12.8 Å². The molecule has 1 aromatic rings. The Morgan fingerprint density at radius 2 is 2.17 bits per heavy atom. The second-order valence-electron chi connectivity index (χ2n) is 5.64. The van der Waals surface area contributed by atoms with Crippen molar-refractivity contribution in [3.63, 3.8) is 0 Å². The summed E-state index contributed by atoms with van der Waals surface area (Å²) in [6.45, 7) is 1.13. The van der Waals surface area contributed by atoms with E-state index in [1.807, 2.05) is 0 Å². The molecule has 0 spiro atoms. The van der Waals surface area contributed by atoms with Crippen LogP contribution in [0.4, 0.5) is 5.69 Å². The number of hydrogen-bond acceptors (Lipinski definition) is 5. The molecule has 1 aliphatic heterocycles. The molecule has 1 unspecified atom stereocenters. The lowest BCUT2D eigenvalue weighted by Crippen LogP contribution is -2.30. The lowest BCUT2D eigenvalue weighted by atomic mass is 10.1. The van der Waals surface area contributed by atoms with Crippen molar-refractivity contribution >= 4 is 23.5 Å². The number of hydrogen-bond donors (Lipinski definition) is 3. The summed E-state index contributed by atoms with van der Waals surface area (Å²) in [6.07, 6.45) is -0.110. The molecule has 0 bridgehead atoms. The van der Waals surface area contributed by atoms with Gasteiger partial charge in [0.2, 0.25) is 11.8 Å². The van der Waals surface area contributed by atoms with Gasteiger partial charge in [-0.15, -0.1) is 0 Å². The average molecular weight is 336 g/mol. The van der Waals surface area contributed by atoms with Crippen LogP contribution in [0.15, 0.2) is 18.2 Å². The maximum absolute atomic E-state index is 12.3. The summed E-state index contributed by atoms with van der Waals surface area (Å²) in [5, 5.41) is 21.2. The highest BCUT2D eigenvalue weighted by Crippen LogP contribution is 2.26. The van der Waals surface area contributed by atoms with Crippen LogP contribution in [0.1, 0.15) is 12.0 Å². The fourth-order valence-corrected chi connectivity index (χ4v) is 2.57. The number of carbonyl (C=O) groups excluding carboxylic acids is 2. The molecular formula is C16H20N2O6. The summed E-state index contributed by atoms with van der Waals surface area (Å²) in [4.78, 5) is 36.5. The first kappa shape index (κ1) is 17.7. The van der Waals surface area contributed by atoms with Crippen LogP contribution in [0.5, 0.6) is 5.75 Å². The van der Waals surface area contributed by atoms with Crippen LogP contribution in [0, 0.1) is 5.92 Å². The molecule has 3 N–H and O–H groups in total. The quantitative estimate of drug-likeness (QED) is 0.623. The largest absolute Gasteiger partial charge is 0.506 e. The Bertz CT molecular complexity index is 645. The third kappa shape index (κ3) is 4.45. The van der Waals surface area contributed by atoms with Crippen molar-refractivity contribution in [3.8, 4) is 5.75 Å². The number of amides is 2. The summed E-state index contributed by atoms with van der Waals surface area (Å²) in [7, 11) is 1.54. The summed E-state index contributed by atoms with van der Waals surface area (Å²) in [6, 6.07) is 4.23. The Balaban J connectivity index is 2.02. The molecule has 1 aromatic carbocycles. The number of carboxylic acids is 1. The molecule has 1 fully saturated rings. The number of ether oxygens (including phenoxy) is 1. The van der Waals surface area contributed by atoms with Gasteiger partial charge in [-0.05, 0) is 17.7 Å². The Hall–Kier alpha value is -2.61. The predicted molar refractivity (Wildman–Crippen MR) is 84.6 cm³/mol. The molecule has 2 rings (SSSR count). The van der Waals surface area contributed by atoms with Gasteiger partial charge in [0.15, 0.2) is 0 Å². The monoisotopic (exact) mass is 336 g/mol. The van der Waals surface area contributed by atoms with Crippen LogP contribution in [0.2, 0.25) is 0 Å². The molecule has 8 nitrogen and oxygen atoms in total.